The Morgan fingerprint density at radius 2 is 2.24 bits per heavy atom. The molecular formula is C14H21N5O2. The third kappa shape index (κ3) is 4.40. The number of hydrogen-bond acceptors (Lipinski definition) is 5. The molecule has 7 nitrogen and oxygen atoms in total. The number of nitrogens with zero attached hydrogens (tertiary/aromatic N) is 3. The number of aromatic nitrogens is 4. The lowest BCUT2D eigenvalue weighted by Gasteiger charge is -1.99. The van der Waals surface area contributed by atoms with Gasteiger partial charge in [0.05, 0.1) is 0 Å². The highest BCUT2D eigenvalue weighted by Gasteiger charge is 2.11. The number of nitrogens with one attached hydrogen (secondary N) is 2. The molecule has 0 unspecified atom stereocenters. The van der Waals surface area contributed by atoms with Gasteiger partial charge in [-0.2, -0.15) is 10.1 Å². The molecule has 0 fully saturated rings. The zero-order valence-corrected chi connectivity index (χ0v) is 12.6. The molecule has 2 N–H and O–H groups in total. The van der Waals surface area contributed by atoms with Crippen molar-refractivity contribution in [1.29, 1.82) is 0 Å². The first-order valence-corrected chi connectivity index (χ1v) is 7.25. The molecule has 21 heavy (non-hydrogen) atoms. The van der Waals surface area contributed by atoms with Gasteiger partial charge in [-0.15, -0.1) is 0 Å². The van der Waals surface area contributed by atoms with E-state index >= 15 is 0 Å². The van der Waals surface area contributed by atoms with Crippen molar-refractivity contribution in [2.24, 2.45) is 0 Å². The molecule has 0 aliphatic carbocycles. The van der Waals surface area contributed by atoms with Crippen LogP contribution in [0.4, 0.5) is 5.82 Å². The Balaban J connectivity index is 1.80. The second kappa shape index (κ2) is 7.01. The summed E-state index contributed by atoms with van der Waals surface area (Å²) in [4.78, 5) is 16.1. The number of H-pyrrole nitrogens is 1. The van der Waals surface area contributed by atoms with Crippen LogP contribution in [0, 0.1) is 0 Å². The number of carbonyl (C=O) groups excluding carboxylic acids is 1. The molecule has 0 aromatic carbocycles. The van der Waals surface area contributed by atoms with Crippen molar-refractivity contribution in [3.05, 3.63) is 23.5 Å². The van der Waals surface area contributed by atoms with Gasteiger partial charge in [-0.3, -0.25) is 9.89 Å². The van der Waals surface area contributed by atoms with Crippen LogP contribution in [-0.4, -0.2) is 26.2 Å². The zero-order chi connectivity index (χ0) is 15.2. The summed E-state index contributed by atoms with van der Waals surface area (Å²) >= 11 is 0. The van der Waals surface area contributed by atoms with Gasteiger partial charge >= 0.3 is 0 Å². The van der Waals surface area contributed by atoms with Crippen molar-refractivity contribution >= 4 is 11.7 Å². The molecule has 0 radical (unpaired) electrons. The van der Waals surface area contributed by atoms with Gasteiger partial charge in [-0.05, 0) is 12.3 Å². The first-order chi connectivity index (χ1) is 10.1. The highest BCUT2D eigenvalue weighted by atomic mass is 16.5. The van der Waals surface area contributed by atoms with E-state index in [4.69, 9.17) is 4.52 Å². The van der Waals surface area contributed by atoms with Crippen molar-refractivity contribution in [3.63, 3.8) is 0 Å². The van der Waals surface area contributed by atoms with E-state index < -0.39 is 0 Å². The van der Waals surface area contributed by atoms with Gasteiger partial charge in [0.1, 0.15) is 0 Å². The van der Waals surface area contributed by atoms with Gasteiger partial charge < -0.3 is 9.84 Å². The summed E-state index contributed by atoms with van der Waals surface area (Å²) in [5, 5.41) is 13.6. The largest absolute Gasteiger partial charge is 0.339 e. The zero-order valence-electron chi connectivity index (χ0n) is 12.6. The Morgan fingerprint density at radius 3 is 2.90 bits per heavy atom. The molecule has 0 spiro atoms. The summed E-state index contributed by atoms with van der Waals surface area (Å²) in [5.74, 6) is 1.96. The SMILES string of the molecule is CCCc1noc(CCC(=O)Nc2cc(C(C)C)[nH]n2)n1. The maximum atomic E-state index is 11.8. The van der Waals surface area contributed by atoms with E-state index in [0.717, 1.165) is 18.5 Å². The fourth-order valence-corrected chi connectivity index (χ4v) is 1.84. The van der Waals surface area contributed by atoms with E-state index in [1.807, 2.05) is 6.07 Å². The number of hydrogen-bond donors (Lipinski definition) is 2. The van der Waals surface area contributed by atoms with Crippen LogP contribution in [0.3, 0.4) is 0 Å². The van der Waals surface area contributed by atoms with Gasteiger partial charge in [0.25, 0.3) is 0 Å². The first kappa shape index (κ1) is 15.2. The number of aromatic amines is 1. The summed E-state index contributed by atoms with van der Waals surface area (Å²) < 4.78 is 5.09. The number of carbonyl (C=O) groups is 1. The molecule has 0 atom stereocenters. The first-order valence-electron chi connectivity index (χ1n) is 7.25. The van der Waals surface area contributed by atoms with E-state index in [2.05, 4.69) is 46.4 Å². The molecule has 0 aliphatic heterocycles. The van der Waals surface area contributed by atoms with Crippen molar-refractivity contribution in [2.75, 3.05) is 5.32 Å². The van der Waals surface area contributed by atoms with Crippen molar-refractivity contribution < 1.29 is 9.32 Å². The molecule has 0 bridgehead atoms. The second-order valence-corrected chi connectivity index (χ2v) is 5.27. The van der Waals surface area contributed by atoms with E-state index in [1.165, 1.54) is 0 Å². The molecule has 0 saturated heterocycles. The smallest absolute Gasteiger partial charge is 0.227 e. The van der Waals surface area contributed by atoms with Crippen LogP contribution in [0.2, 0.25) is 0 Å². The van der Waals surface area contributed by atoms with Crippen LogP contribution in [-0.2, 0) is 17.6 Å². The van der Waals surface area contributed by atoms with Gasteiger partial charge in [-0.25, -0.2) is 0 Å². The van der Waals surface area contributed by atoms with Crippen LogP contribution in [0.25, 0.3) is 0 Å². The van der Waals surface area contributed by atoms with Crippen LogP contribution >= 0.6 is 0 Å². The Kier molecular flexibility index (Phi) is 5.08. The predicted octanol–water partition coefficient (Wildman–Crippen LogP) is 2.44. The molecule has 1 amide bonds. The molecule has 2 rings (SSSR count). The lowest BCUT2D eigenvalue weighted by molar-refractivity contribution is -0.116. The van der Waals surface area contributed by atoms with E-state index in [-0.39, 0.29) is 12.3 Å². The third-order valence-corrected chi connectivity index (χ3v) is 3.04. The quantitative estimate of drug-likeness (QED) is 0.816. The van der Waals surface area contributed by atoms with E-state index in [1.54, 1.807) is 0 Å². The molecule has 114 valence electrons. The Morgan fingerprint density at radius 1 is 1.43 bits per heavy atom. The molecule has 0 aliphatic rings. The minimum Gasteiger partial charge on any atom is -0.339 e. The average molecular weight is 291 g/mol. The van der Waals surface area contributed by atoms with Crippen LogP contribution < -0.4 is 5.32 Å². The van der Waals surface area contributed by atoms with Gasteiger partial charge in [0.15, 0.2) is 11.6 Å². The average Bonchev–Trinajstić information content (AvgIpc) is 3.06. The Hall–Kier alpha value is -2.18. The molecule has 7 heteroatoms. The van der Waals surface area contributed by atoms with Crippen molar-refractivity contribution in [1.82, 2.24) is 20.3 Å². The fourth-order valence-electron chi connectivity index (χ4n) is 1.84. The third-order valence-electron chi connectivity index (χ3n) is 3.04. The predicted molar refractivity (Wildman–Crippen MR) is 77.9 cm³/mol. The van der Waals surface area contributed by atoms with Gasteiger partial charge in [0, 0.05) is 31.0 Å². The monoisotopic (exact) mass is 291 g/mol. The standard InChI is InChI=1S/C14H21N5O2/c1-4-5-11-16-14(21-19-11)7-6-13(20)15-12-8-10(9(2)3)17-18-12/h8-9H,4-7H2,1-3H3,(H2,15,17,18,20). The highest BCUT2D eigenvalue weighted by Crippen LogP contribution is 2.15. The molecular weight excluding hydrogens is 270 g/mol. The van der Waals surface area contributed by atoms with E-state index in [9.17, 15) is 4.79 Å². The minimum absolute atomic E-state index is 0.118. The Labute approximate surface area is 123 Å². The number of anilines is 1. The van der Waals surface area contributed by atoms with Gasteiger partial charge in [0.2, 0.25) is 11.8 Å². The summed E-state index contributed by atoms with van der Waals surface area (Å²) in [5.41, 5.74) is 0.992. The van der Waals surface area contributed by atoms with Crippen molar-refractivity contribution in [3.8, 4) is 0 Å². The normalized spacial score (nSPS) is 11.0. The Bertz CT molecular complexity index is 588. The van der Waals surface area contributed by atoms with Gasteiger partial charge in [-0.1, -0.05) is 25.9 Å². The lowest BCUT2D eigenvalue weighted by atomic mass is 10.1. The second-order valence-electron chi connectivity index (χ2n) is 5.27. The molecule has 2 aromatic heterocycles. The fraction of sp³-hybridized carbons (Fsp3) is 0.571. The summed E-state index contributed by atoms with van der Waals surface area (Å²) in [7, 11) is 0. The molecule has 0 saturated carbocycles. The number of amides is 1. The maximum absolute atomic E-state index is 11.8. The number of rotatable bonds is 7. The van der Waals surface area contributed by atoms with Crippen LogP contribution in [0.1, 0.15) is 56.9 Å². The number of aryl methyl sites for hydroxylation is 2. The minimum atomic E-state index is -0.118. The van der Waals surface area contributed by atoms with Crippen LogP contribution in [0.5, 0.6) is 0 Å². The topological polar surface area (TPSA) is 96.7 Å². The summed E-state index contributed by atoms with van der Waals surface area (Å²) in [6, 6.07) is 1.84. The summed E-state index contributed by atoms with van der Waals surface area (Å²) in [6.45, 7) is 6.17. The summed E-state index contributed by atoms with van der Waals surface area (Å²) in [6.07, 6.45) is 2.49. The maximum Gasteiger partial charge on any atom is 0.227 e. The van der Waals surface area contributed by atoms with Crippen molar-refractivity contribution in [2.45, 2.75) is 52.4 Å². The highest BCUT2D eigenvalue weighted by molar-refractivity contribution is 5.89. The lowest BCUT2D eigenvalue weighted by Crippen LogP contribution is -2.12. The molecule has 2 heterocycles. The van der Waals surface area contributed by atoms with Crippen LogP contribution in [0.15, 0.2) is 10.6 Å². The van der Waals surface area contributed by atoms with E-state index in [0.29, 0.717) is 29.9 Å². The molecule has 2 aromatic rings.